The third-order valence-electron chi connectivity index (χ3n) is 2.28. The fourth-order valence-electron chi connectivity index (χ4n) is 1.46. The van der Waals surface area contributed by atoms with E-state index in [0.717, 1.165) is 5.56 Å². The van der Waals surface area contributed by atoms with E-state index in [1.165, 1.54) is 5.56 Å². The third kappa shape index (κ3) is 3.04. The van der Waals surface area contributed by atoms with Crippen molar-refractivity contribution in [2.24, 2.45) is 0 Å². The number of methoxy groups -OCH3 is 1. The molecule has 0 unspecified atom stereocenters. The molecule has 0 saturated carbocycles. The molecule has 0 bridgehead atoms. The van der Waals surface area contributed by atoms with Crippen molar-refractivity contribution in [2.75, 3.05) is 25.6 Å². The lowest BCUT2D eigenvalue weighted by Gasteiger charge is -1.97. The van der Waals surface area contributed by atoms with Crippen LogP contribution in [0.1, 0.15) is 5.56 Å². The third-order valence-corrected chi connectivity index (χ3v) is 2.28. The van der Waals surface area contributed by atoms with Crippen molar-refractivity contribution >= 4 is 6.01 Å². The Bertz CT molecular complexity index is 482. The van der Waals surface area contributed by atoms with Gasteiger partial charge in [-0.15, -0.1) is 0 Å². The summed E-state index contributed by atoms with van der Waals surface area (Å²) in [7, 11) is 1.65. The molecule has 1 aromatic carbocycles. The molecule has 0 aliphatic heterocycles. The average molecular weight is 233 g/mol. The molecule has 1 aromatic heterocycles. The van der Waals surface area contributed by atoms with Gasteiger partial charge in [-0.1, -0.05) is 28.9 Å². The van der Waals surface area contributed by atoms with Crippen LogP contribution in [-0.4, -0.2) is 30.4 Å². The van der Waals surface area contributed by atoms with Crippen molar-refractivity contribution in [3.63, 3.8) is 0 Å². The van der Waals surface area contributed by atoms with Gasteiger partial charge in [-0.2, -0.15) is 4.98 Å². The maximum atomic E-state index is 5.08. The first-order valence-corrected chi connectivity index (χ1v) is 5.43. The van der Waals surface area contributed by atoms with Crippen LogP contribution in [-0.2, 0) is 4.74 Å². The van der Waals surface area contributed by atoms with Gasteiger partial charge in [0.25, 0.3) is 0 Å². The van der Waals surface area contributed by atoms with Gasteiger partial charge < -0.3 is 14.6 Å². The summed E-state index contributed by atoms with van der Waals surface area (Å²) >= 11 is 0. The van der Waals surface area contributed by atoms with Gasteiger partial charge >= 0.3 is 6.01 Å². The van der Waals surface area contributed by atoms with Crippen LogP contribution >= 0.6 is 0 Å². The maximum absolute atomic E-state index is 5.08. The molecule has 2 rings (SSSR count). The van der Waals surface area contributed by atoms with Crippen LogP contribution in [0.4, 0.5) is 6.01 Å². The Labute approximate surface area is 99.8 Å². The number of hydrogen-bond donors (Lipinski definition) is 1. The minimum absolute atomic E-state index is 0.415. The molecule has 5 heteroatoms. The first kappa shape index (κ1) is 11.6. The number of aromatic nitrogens is 2. The second-order valence-electron chi connectivity index (χ2n) is 3.71. The fourth-order valence-corrected chi connectivity index (χ4v) is 1.46. The molecule has 0 atom stereocenters. The number of nitrogens with one attached hydrogen (secondary N) is 1. The van der Waals surface area contributed by atoms with Crippen molar-refractivity contribution in [3.05, 3.63) is 29.8 Å². The van der Waals surface area contributed by atoms with Crippen LogP contribution in [0, 0.1) is 6.92 Å². The van der Waals surface area contributed by atoms with E-state index in [0.29, 0.717) is 25.0 Å². The van der Waals surface area contributed by atoms with E-state index in [1.54, 1.807) is 7.11 Å². The highest BCUT2D eigenvalue weighted by molar-refractivity contribution is 5.56. The number of anilines is 1. The van der Waals surface area contributed by atoms with E-state index in [2.05, 4.69) is 15.5 Å². The van der Waals surface area contributed by atoms with E-state index in [9.17, 15) is 0 Å². The number of aryl methyl sites for hydroxylation is 1. The number of benzene rings is 1. The highest BCUT2D eigenvalue weighted by atomic mass is 16.5. The Morgan fingerprint density at radius 3 is 3.06 bits per heavy atom. The van der Waals surface area contributed by atoms with Gasteiger partial charge in [0.15, 0.2) is 0 Å². The highest BCUT2D eigenvalue weighted by Crippen LogP contribution is 2.18. The minimum Gasteiger partial charge on any atom is -0.383 e. The summed E-state index contributed by atoms with van der Waals surface area (Å²) in [5.74, 6) is 0.591. The maximum Gasteiger partial charge on any atom is 0.321 e. The second kappa shape index (κ2) is 5.45. The first-order valence-electron chi connectivity index (χ1n) is 5.43. The van der Waals surface area contributed by atoms with Crippen LogP contribution in [0.3, 0.4) is 0 Å². The summed E-state index contributed by atoms with van der Waals surface area (Å²) in [5.41, 5.74) is 2.12. The van der Waals surface area contributed by atoms with E-state index in [4.69, 9.17) is 9.26 Å². The SMILES string of the molecule is COCCNc1nc(-c2cccc(C)c2)no1. The van der Waals surface area contributed by atoms with E-state index >= 15 is 0 Å². The lowest BCUT2D eigenvalue weighted by Crippen LogP contribution is -2.07. The first-order chi connectivity index (χ1) is 8.29. The predicted molar refractivity (Wildman–Crippen MR) is 64.8 cm³/mol. The van der Waals surface area contributed by atoms with Gasteiger partial charge in [0.2, 0.25) is 5.82 Å². The minimum atomic E-state index is 0.415. The molecule has 0 aliphatic carbocycles. The monoisotopic (exact) mass is 233 g/mol. The summed E-state index contributed by atoms with van der Waals surface area (Å²) in [5, 5.41) is 6.90. The molecule has 0 spiro atoms. The van der Waals surface area contributed by atoms with Crippen LogP contribution < -0.4 is 5.32 Å². The number of rotatable bonds is 5. The molecule has 5 nitrogen and oxygen atoms in total. The molecular weight excluding hydrogens is 218 g/mol. The molecule has 0 fully saturated rings. The van der Waals surface area contributed by atoms with Crippen molar-refractivity contribution < 1.29 is 9.26 Å². The normalized spacial score (nSPS) is 10.5. The van der Waals surface area contributed by atoms with Crippen molar-refractivity contribution in [2.45, 2.75) is 6.92 Å². The van der Waals surface area contributed by atoms with Gasteiger partial charge in [-0.25, -0.2) is 0 Å². The highest BCUT2D eigenvalue weighted by Gasteiger charge is 2.07. The van der Waals surface area contributed by atoms with Gasteiger partial charge in [-0.3, -0.25) is 0 Å². The molecule has 0 radical (unpaired) electrons. The zero-order valence-corrected chi connectivity index (χ0v) is 9.93. The standard InChI is InChI=1S/C12H15N3O2/c1-9-4-3-5-10(8-9)11-14-12(17-15-11)13-6-7-16-2/h3-5,8H,6-7H2,1-2H3,(H,13,14,15). The number of ether oxygens (including phenoxy) is 1. The topological polar surface area (TPSA) is 60.2 Å². The molecule has 1 N–H and O–H groups in total. The van der Waals surface area contributed by atoms with Crippen molar-refractivity contribution in [1.82, 2.24) is 10.1 Å². The summed E-state index contributed by atoms with van der Waals surface area (Å²) in [6.45, 7) is 3.27. The van der Waals surface area contributed by atoms with Crippen molar-refractivity contribution in [3.8, 4) is 11.4 Å². The largest absolute Gasteiger partial charge is 0.383 e. The average Bonchev–Trinajstić information content (AvgIpc) is 2.78. The van der Waals surface area contributed by atoms with Crippen LogP contribution in [0.2, 0.25) is 0 Å². The second-order valence-corrected chi connectivity index (χ2v) is 3.71. The van der Waals surface area contributed by atoms with E-state index < -0.39 is 0 Å². The Kier molecular flexibility index (Phi) is 3.72. The van der Waals surface area contributed by atoms with Gasteiger partial charge in [0, 0.05) is 19.2 Å². The summed E-state index contributed by atoms with van der Waals surface area (Å²) < 4.78 is 10.00. The Hall–Kier alpha value is -1.88. The van der Waals surface area contributed by atoms with E-state index in [1.807, 2.05) is 31.2 Å². The molecule has 17 heavy (non-hydrogen) atoms. The molecule has 0 amide bonds. The van der Waals surface area contributed by atoms with Gasteiger partial charge in [-0.05, 0) is 13.0 Å². The van der Waals surface area contributed by atoms with Crippen LogP contribution in [0.25, 0.3) is 11.4 Å². The van der Waals surface area contributed by atoms with Gasteiger partial charge in [0.1, 0.15) is 0 Å². The summed E-state index contributed by atoms with van der Waals surface area (Å²) in [6, 6.07) is 8.39. The molecule has 0 saturated heterocycles. The Morgan fingerprint density at radius 2 is 2.29 bits per heavy atom. The smallest absolute Gasteiger partial charge is 0.321 e. The quantitative estimate of drug-likeness (QED) is 0.801. The molecular formula is C12H15N3O2. The van der Waals surface area contributed by atoms with Crippen LogP contribution in [0.15, 0.2) is 28.8 Å². The number of hydrogen-bond acceptors (Lipinski definition) is 5. The lowest BCUT2D eigenvalue weighted by atomic mass is 10.1. The number of nitrogens with zero attached hydrogens (tertiary/aromatic N) is 2. The molecule has 90 valence electrons. The Morgan fingerprint density at radius 1 is 1.41 bits per heavy atom. The van der Waals surface area contributed by atoms with E-state index in [-0.39, 0.29) is 0 Å². The summed E-state index contributed by atoms with van der Waals surface area (Å²) in [6.07, 6.45) is 0. The molecule has 1 heterocycles. The Balaban J connectivity index is 2.07. The zero-order valence-electron chi connectivity index (χ0n) is 9.93. The molecule has 0 aliphatic rings. The van der Waals surface area contributed by atoms with Crippen LogP contribution in [0.5, 0.6) is 0 Å². The predicted octanol–water partition coefficient (Wildman–Crippen LogP) is 2.10. The zero-order chi connectivity index (χ0) is 12.1. The molecule has 2 aromatic rings. The fraction of sp³-hybridized carbons (Fsp3) is 0.333. The van der Waals surface area contributed by atoms with Gasteiger partial charge in [0.05, 0.1) is 6.61 Å². The van der Waals surface area contributed by atoms with Crippen molar-refractivity contribution in [1.29, 1.82) is 0 Å². The lowest BCUT2D eigenvalue weighted by molar-refractivity contribution is 0.210. The summed E-state index contributed by atoms with van der Waals surface area (Å²) in [4.78, 5) is 4.25.